The summed E-state index contributed by atoms with van der Waals surface area (Å²) in [6.45, 7) is 5.81. The molecular weight excluding hydrogens is 282 g/mol. The summed E-state index contributed by atoms with van der Waals surface area (Å²) in [6.07, 6.45) is 0. The quantitative estimate of drug-likeness (QED) is 0.616. The van der Waals surface area contributed by atoms with Gasteiger partial charge in [0.2, 0.25) is 0 Å². The molecule has 0 radical (unpaired) electrons. The molecule has 0 rings (SSSR count). The van der Waals surface area contributed by atoms with Crippen molar-refractivity contribution < 1.29 is 18.0 Å². The molecule has 0 aliphatic carbocycles. The Kier molecular flexibility index (Phi) is 24.2. The van der Waals surface area contributed by atoms with Gasteiger partial charge in [-0.1, -0.05) is 44.0 Å². The number of halogens is 2. The molecule has 0 spiro atoms. The molecule has 0 amide bonds. The molecule has 8 heteroatoms. The summed E-state index contributed by atoms with van der Waals surface area (Å²) in [5.41, 5.74) is 2.48. The maximum absolute atomic E-state index is 10.4. The molecule has 1 unspecified atom stereocenters. The largest absolute Gasteiger partial charge is 0.483 e. The van der Waals surface area contributed by atoms with Gasteiger partial charge in [-0.25, -0.2) is 8.54 Å². The lowest BCUT2D eigenvalue weighted by Gasteiger charge is -2.04. The van der Waals surface area contributed by atoms with E-state index in [0.717, 1.165) is 19.2 Å². The Morgan fingerprint density at radius 1 is 1.40 bits per heavy atom. The molecular formula is C7H17Cl2O4PS. The molecule has 0 saturated heterocycles. The van der Waals surface area contributed by atoms with Crippen LogP contribution in [0.4, 0.5) is 0 Å². The summed E-state index contributed by atoms with van der Waals surface area (Å²) < 4.78 is 18.9. The Labute approximate surface area is 106 Å². The molecule has 0 fully saturated rings. The van der Waals surface area contributed by atoms with Gasteiger partial charge in [0.25, 0.3) is 0 Å². The third-order valence-corrected chi connectivity index (χ3v) is 2.80. The minimum atomic E-state index is -3.73. The van der Waals surface area contributed by atoms with Crippen molar-refractivity contribution in [3.8, 4) is 0 Å². The first-order valence-corrected chi connectivity index (χ1v) is 7.37. The van der Waals surface area contributed by atoms with Gasteiger partial charge in [-0.05, 0) is 0 Å². The summed E-state index contributed by atoms with van der Waals surface area (Å²) in [5, 5.41) is 0. The Morgan fingerprint density at radius 2 is 1.80 bits per heavy atom. The van der Waals surface area contributed by atoms with Crippen LogP contribution < -0.4 is 0 Å². The van der Waals surface area contributed by atoms with E-state index < -0.39 is 7.82 Å². The Hall–Kier alpha value is 0.780. The lowest BCUT2D eigenvalue weighted by atomic mass is 11.0. The van der Waals surface area contributed by atoms with E-state index in [0.29, 0.717) is 5.75 Å². The van der Waals surface area contributed by atoms with Crippen LogP contribution in [-0.4, -0.2) is 17.8 Å². The van der Waals surface area contributed by atoms with Crippen molar-refractivity contribution in [2.24, 2.45) is 0 Å². The molecule has 0 heterocycles. The Balaban J connectivity index is -0.000000202. The molecule has 0 saturated carbocycles. The first-order chi connectivity index (χ1) is 7.04. The van der Waals surface area contributed by atoms with Gasteiger partial charge >= 0.3 is 7.82 Å². The fraction of sp³-hybridized carbons (Fsp3) is 0.714. The third-order valence-electron chi connectivity index (χ3n) is 0.543. The Bertz CT molecular complexity index is 176. The molecule has 1 atom stereocenters. The highest BCUT2D eigenvalue weighted by molar-refractivity contribution is 7.97. The molecule has 0 aromatic carbocycles. The maximum atomic E-state index is 10.4. The van der Waals surface area contributed by atoms with Crippen molar-refractivity contribution >= 4 is 43.1 Å². The first-order valence-electron chi connectivity index (χ1n) is 4.09. The zero-order valence-corrected chi connectivity index (χ0v) is 12.4. The van der Waals surface area contributed by atoms with Crippen molar-refractivity contribution in [2.45, 2.75) is 20.8 Å². The predicted octanol–water partition coefficient (Wildman–Crippen LogP) is 4.38. The normalized spacial score (nSPS) is 13.3. The predicted molar refractivity (Wildman–Crippen MR) is 68.2 cm³/mol. The van der Waals surface area contributed by atoms with E-state index in [9.17, 15) is 4.57 Å². The summed E-state index contributed by atoms with van der Waals surface area (Å²) in [7, 11) is -2.60. The molecule has 4 nitrogen and oxygen atoms in total. The highest BCUT2D eigenvalue weighted by Crippen LogP contribution is 2.45. The second kappa shape index (κ2) is 17.2. The van der Waals surface area contributed by atoms with Gasteiger partial charge < -0.3 is 4.89 Å². The average Bonchev–Trinajstić information content (AvgIpc) is 2.29. The van der Waals surface area contributed by atoms with E-state index in [2.05, 4.69) is 8.49 Å². The van der Waals surface area contributed by atoms with E-state index in [-0.39, 0.29) is 0 Å². The average molecular weight is 299 g/mol. The fourth-order valence-electron chi connectivity index (χ4n) is 0.150. The lowest BCUT2D eigenvalue weighted by Crippen LogP contribution is -1.83. The monoisotopic (exact) mass is 298 g/mol. The van der Waals surface area contributed by atoms with Crippen LogP contribution in [0.25, 0.3) is 0 Å². The minimum absolute atomic E-state index is 0.619. The van der Waals surface area contributed by atoms with Crippen molar-refractivity contribution in [3.05, 3.63) is 11.1 Å². The van der Waals surface area contributed by atoms with Gasteiger partial charge in [-0.2, -0.15) is 0 Å². The van der Waals surface area contributed by atoms with Crippen LogP contribution in [0.3, 0.4) is 0 Å². The van der Waals surface area contributed by atoms with Gasteiger partial charge in [0, 0.05) is 36.0 Å². The van der Waals surface area contributed by atoms with E-state index in [4.69, 9.17) is 28.1 Å². The van der Waals surface area contributed by atoms with Crippen molar-refractivity contribution in [2.75, 3.05) is 12.9 Å². The smallest absolute Gasteiger partial charge is 0.302 e. The van der Waals surface area contributed by atoms with E-state index >= 15 is 0 Å². The molecule has 0 aromatic heterocycles. The highest BCUT2D eigenvalue weighted by atomic mass is 35.5. The lowest BCUT2D eigenvalue weighted by molar-refractivity contribution is 0.254. The summed E-state index contributed by atoms with van der Waals surface area (Å²) in [6, 6.07) is 0. The standard InChI is InChI=1S/C3H9O4PS.C2H2Cl2.C2H6/c1-3-9-7-8(4,5)6-2;3-1-2-4;1-2/h3H2,1-2H3,(H,4,5);1-2H;1-2H3. The fourth-order valence-corrected chi connectivity index (χ4v) is 1.35. The van der Waals surface area contributed by atoms with Crippen LogP contribution in [0.2, 0.25) is 0 Å². The second-order valence-electron chi connectivity index (χ2n) is 1.38. The maximum Gasteiger partial charge on any atom is 0.483 e. The van der Waals surface area contributed by atoms with Crippen LogP contribution in [0.5, 0.6) is 0 Å². The van der Waals surface area contributed by atoms with Crippen molar-refractivity contribution in [1.82, 2.24) is 0 Å². The summed E-state index contributed by atoms with van der Waals surface area (Å²) in [4.78, 5) is 8.54. The van der Waals surface area contributed by atoms with Gasteiger partial charge in [0.05, 0.1) is 0 Å². The zero-order valence-electron chi connectivity index (χ0n) is 9.15. The molecule has 0 bridgehead atoms. The van der Waals surface area contributed by atoms with E-state index in [1.54, 1.807) is 6.92 Å². The number of rotatable bonds is 4. The van der Waals surface area contributed by atoms with E-state index in [1.807, 2.05) is 13.8 Å². The van der Waals surface area contributed by atoms with Gasteiger partial charge in [0.1, 0.15) is 0 Å². The molecule has 0 aliphatic heterocycles. The van der Waals surface area contributed by atoms with Gasteiger partial charge in [0.15, 0.2) is 0 Å². The van der Waals surface area contributed by atoms with Crippen LogP contribution in [-0.2, 0) is 13.1 Å². The van der Waals surface area contributed by atoms with Crippen LogP contribution in [0.15, 0.2) is 11.1 Å². The summed E-state index contributed by atoms with van der Waals surface area (Å²) >= 11 is 10.6. The Morgan fingerprint density at radius 3 is 2.00 bits per heavy atom. The van der Waals surface area contributed by atoms with Gasteiger partial charge in [-0.3, -0.25) is 4.52 Å². The topological polar surface area (TPSA) is 55.8 Å². The number of phosphoric ester groups is 1. The number of phosphoric acid groups is 1. The van der Waals surface area contributed by atoms with E-state index in [1.165, 1.54) is 11.1 Å². The van der Waals surface area contributed by atoms with Crippen molar-refractivity contribution in [1.29, 1.82) is 0 Å². The molecule has 94 valence electrons. The van der Waals surface area contributed by atoms with Crippen molar-refractivity contribution in [3.63, 3.8) is 0 Å². The molecule has 0 aliphatic rings. The minimum Gasteiger partial charge on any atom is -0.302 e. The molecule has 15 heavy (non-hydrogen) atoms. The van der Waals surface area contributed by atoms with Crippen LogP contribution in [0.1, 0.15) is 20.8 Å². The molecule has 0 aromatic rings. The van der Waals surface area contributed by atoms with Gasteiger partial charge in [-0.15, -0.1) is 0 Å². The molecule has 1 N–H and O–H groups in total. The summed E-state index contributed by atoms with van der Waals surface area (Å²) in [5.74, 6) is 0.619. The highest BCUT2D eigenvalue weighted by Gasteiger charge is 2.17. The first kappa shape index (κ1) is 21.1. The van der Waals surface area contributed by atoms with Crippen LogP contribution >= 0.6 is 43.1 Å². The second-order valence-corrected chi connectivity index (χ2v) is 4.60. The third kappa shape index (κ3) is 25.2. The number of hydrogen-bond donors (Lipinski definition) is 1. The SMILES string of the molecule is CC.CCSOP(=O)(O)OC.ClC=CCl. The van der Waals surface area contributed by atoms with Crippen LogP contribution in [0, 0.1) is 0 Å². The number of hydrogen-bond acceptors (Lipinski definition) is 4. The zero-order chi connectivity index (χ0) is 12.7.